The summed E-state index contributed by atoms with van der Waals surface area (Å²) in [5.74, 6) is -1.09. The lowest BCUT2D eigenvalue weighted by atomic mass is 9.86. The third-order valence-corrected chi connectivity index (χ3v) is 5.20. The lowest BCUT2D eigenvalue weighted by molar-refractivity contribution is -0.154. The maximum atomic E-state index is 12.0. The Kier molecular flexibility index (Phi) is 6.36. The van der Waals surface area contributed by atoms with Crippen molar-refractivity contribution in [3.8, 4) is 0 Å². The topological polar surface area (TPSA) is 81.7 Å². The quantitative estimate of drug-likeness (QED) is 0.760. The molecule has 0 radical (unpaired) electrons. The molecule has 24 heavy (non-hydrogen) atoms. The Bertz CT molecular complexity index is 618. The summed E-state index contributed by atoms with van der Waals surface area (Å²) < 4.78 is 10.0. The Morgan fingerprint density at radius 2 is 2.00 bits per heavy atom. The molecule has 0 aliphatic heterocycles. The van der Waals surface area contributed by atoms with Gasteiger partial charge in [-0.3, -0.25) is 9.59 Å². The number of ether oxygens (including phenoxy) is 2. The Hall–Kier alpha value is -1.89. The van der Waals surface area contributed by atoms with Crippen LogP contribution in [0.15, 0.2) is 6.07 Å². The number of amides is 1. The van der Waals surface area contributed by atoms with Crippen LogP contribution in [0.3, 0.4) is 0 Å². The molecule has 0 saturated heterocycles. The molecule has 0 atom stereocenters. The van der Waals surface area contributed by atoms with Crippen molar-refractivity contribution < 1.29 is 23.9 Å². The van der Waals surface area contributed by atoms with Crippen LogP contribution in [-0.2, 0) is 19.1 Å². The van der Waals surface area contributed by atoms with E-state index in [0.29, 0.717) is 10.6 Å². The predicted octanol–water partition coefficient (Wildman–Crippen LogP) is 3.33. The highest BCUT2D eigenvalue weighted by molar-refractivity contribution is 7.16. The van der Waals surface area contributed by atoms with Crippen molar-refractivity contribution in [3.05, 3.63) is 16.5 Å². The number of esters is 2. The Labute approximate surface area is 145 Å². The molecular formula is C17H23NO5S. The molecule has 1 aromatic rings. The zero-order valence-electron chi connectivity index (χ0n) is 14.2. The van der Waals surface area contributed by atoms with Gasteiger partial charge >= 0.3 is 11.9 Å². The van der Waals surface area contributed by atoms with Gasteiger partial charge in [-0.1, -0.05) is 20.3 Å². The van der Waals surface area contributed by atoms with Crippen LogP contribution in [0.2, 0.25) is 0 Å². The molecule has 2 rings (SSSR count). The second-order valence-electron chi connectivity index (χ2n) is 6.05. The van der Waals surface area contributed by atoms with Crippen molar-refractivity contribution in [3.63, 3.8) is 0 Å². The number of anilines is 1. The number of thiophene rings is 1. The van der Waals surface area contributed by atoms with Crippen LogP contribution in [-0.4, -0.2) is 31.1 Å². The summed E-state index contributed by atoms with van der Waals surface area (Å²) in [6.45, 7) is 5.66. The van der Waals surface area contributed by atoms with Crippen molar-refractivity contribution in [2.24, 2.45) is 5.92 Å². The van der Waals surface area contributed by atoms with Gasteiger partial charge in [-0.2, -0.15) is 0 Å². The summed E-state index contributed by atoms with van der Waals surface area (Å²) in [5, 5.41) is 3.09. The minimum atomic E-state index is -0.470. The normalized spacial score (nSPS) is 14.2. The largest absolute Gasteiger partial charge is 0.462 e. The molecule has 7 heteroatoms. The molecule has 6 nitrogen and oxygen atoms in total. The molecule has 1 aliphatic carbocycles. The van der Waals surface area contributed by atoms with Crippen molar-refractivity contribution in [2.75, 3.05) is 18.5 Å². The van der Waals surface area contributed by atoms with E-state index in [-0.39, 0.29) is 31.0 Å². The van der Waals surface area contributed by atoms with E-state index in [4.69, 9.17) is 9.47 Å². The summed E-state index contributed by atoms with van der Waals surface area (Å²) >= 11 is 1.33. The fraction of sp³-hybridized carbons (Fsp3) is 0.588. The average molecular weight is 353 g/mol. The molecule has 1 aliphatic rings. The van der Waals surface area contributed by atoms with Crippen LogP contribution < -0.4 is 5.32 Å². The van der Waals surface area contributed by atoms with Crippen molar-refractivity contribution in [1.82, 2.24) is 0 Å². The molecule has 0 spiro atoms. The maximum absolute atomic E-state index is 12.0. The number of nitrogens with one attached hydrogen (secondary N) is 1. The van der Waals surface area contributed by atoms with Crippen LogP contribution in [0.4, 0.5) is 5.00 Å². The smallest absolute Gasteiger partial charge is 0.341 e. The second kappa shape index (κ2) is 8.28. The van der Waals surface area contributed by atoms with Crippen molar-refractivity contribution in [1.29, 1.82) is 0 Å². The van der Waals surface area contributed by atoms with Gasteiger partial charge in [0.2, 0.25) is 0 Å². The van der Waals surface area contributed by atoms with E-state index in [1.165, 1.54) is 11.3 Å². The summed E-state index contributed by atoms with van der Waals surface area (Å²) in [6.07, 6.45) is 2.69. The lowest BCUT2D eigenvalue weighted by Crippen LogP contribution is -2.28. The lowest BCUT2D eigenvalue weighted by Gasteiger charge is -2.22. The van der Waals surface area contributed by atoms with Gasteiger partial charge in [-0.15, -0.1) is 11.3 Å². The number of rotatable bonds is 7. The van der Waals surface area contributed by atoms with Gasteiger partial charge in [0, 0.05) is 4.88 Å². The van der Waals surface area contributed by atoms with Gasteiger partial charge in [-0.25, -0.2) is 4.79 Å². The summed E-state index contributed by atoms with van der Waals surface area (Å²) in [7, 11) is 0. The first-order valence-corrected chi connectivity index (χ1v) is 9.01. The van der Waals surface area contributed by atoms with Gasteiger partial charge in [0.25, 0.3) is 5.91 Å². The zero-order valence-corrected chi connectivity index (χ0v) is 15.0. The maximum Gasteiger partial charge on any atom is 0.341 e. The Balaban J connectivity index is 1.99. The summed E-state index contributed by atoms with van der Waals surface area (Å²) in [6, 6.07) is 1.74. The van der Waals surface area contributed by atoms with E-state index in [1.54, 1.807) is 13.0 Å². The molecule has 1 heterocycles. The monoisotopic (exact) mass is 353 g/mol. The number of carbonyl (C=O) groups is 3. The molecule has 1 saturated carbocycles. The van der Waals surface area contributed by atoms with Gasteiger partial charge in [0.15, 0.2) is 6.61 Å². The molecule has 1 aromatic heterocycles. The molecule has 0 bridgehead atoms. The molecular weight excluding hydrogens is 330 g/mol. The highest BCUT2D eigenvalue weighted by Crippen LogP contribution is 2.33. The van der Waals surface area contributed by atoms with Crippen LogP contribution >= 0.6 is 11.3 Å². The molecule has 1 N–H and O–H groups in total. The van der Waals surface area contributed by atoms with Crippen LogP contribution in [0.5, 0.6) is 0 Å². The second-order valence-corrected chi connectivity index (χ2v) is 7.13. The molecule has 1 amide bonds. The minimum Gasteiger partial charge on any atom is -0.462 e. The highest BCUT2D eigenvalue weighted by atomic mass is 32.1. The molecule has 0 aromatic carbocycles. The van der Waals surface area contributed by atoms with E-state index >= 15 is 0 Å². The molecule has 132 valence electrons. The van der Waals surface area contributed by atoms with E-state index in [1.807, 2.05) is 13.8 Å². The third kappa shape index (κ3) is 4.56. The van der Waals surface area contributed by atoms with Crippen LogP contribution in [0.1, 0.15) is 61.2 Å². The Morgan fingerprint density at radius 3 is 2.54 bits per heavy atom. The molecule has 1 fully saturated rings. The number of carbonyl (C=O) groups excluding carboxylic acids is 3. The fourth-order valence-corrected chi connectivity index (χ4v) is 3.27. The third-order valence-electron chi connectivity index (χ3n) is 3.85. The van der Waals surface area contributed by atoms with E-state index in [9.17, 15) is 14.4 Å². The number of hydrogen-bond acceptors (Lipinski definition) is 6. The van der Waals surface area contributed by atoms with Gasteiger partial charge in [0.1, 0.15) is 5.00 Å². The van der Waals surface area contributed by atoms with E-state index in [0.717, 1.165) is 24.1 Å². The molecule has 0 unspecified atom stereocenters. The van der Waals surface area contributed by atoms with Gasteiger partial charge in [0.05, 0.1) is 18.1 Å². The summed E-state index contributed by atoms with van der Waals surface area (Å²) in [5.41, 5.74) is 0.337. The first kappa shape index (κ1) is 18.4. The fourth-order valence-electron chi connectivity index (χ4n) is 2.21. The van der Waals surface area contributed by atoms with Crippen LogP contribution in [0.25, 0.3) is 0 Å². The Morgan fingerprint density at radius 1 is 1.29 bits per heavy atom. The average Bonchev–Trinajstić information content (AvgIpc) is 2.87. The predicted molar refractivity (Wildman–Crippen MR) is 91.3 cm³/mol. The highest BCUT2D eigenvalue weighted by Gasteiger charge is 2.27. The standard InChI is InChI=1S/C17H23NO5S/c1-4-22-17(21)12-8-13(10(2)3)24-15(12)18-14(19)9-23-16(20)11-6-5-7-11/h8,10-11H,4-7,9H2,1-3H3,(H,18,19). The summed E-state index contributed by atoms with van der Waals surface area (Å²) in [4.78, 5) is 36.7. The van der Waals surface area contributed by atoms with Crippen LogP contribution in [0, 0.1) is 5.92 Å². The SMILES string of the molecule is CCOC(=O)c1cc(C(C)C)sc1NC(=O)COC(=O)C1CCC1. The van der Waals surface area contributed by atoms with E-state index in [2.05, 4.69) is 5.32 Å². The first-order valence-electron chi connectivity index (χ1n) is 8.19. The van der Waals surface area contributed by atoms with Crippen molar-refractivity contribution >= 4 is 34.2 Å². The first-order chi connectivity index (χ1) is 11.4. The van der Waals surface area contributed by atoms with E-state index < -0.39 is 11.9 Å². The number of hydrogen-bond donors (Lipinski definition) is 1. The minimum absolute atomic E-state index is 0.0674. The van der Waals surface area contributed by atoms with Gasteiger partial charge in [-0.05, 0) is 31.7 Å². The van der Waals surface area contributed by atoms with Crippen molar-refractivity contribution in [2.45, 2.75) is 46.0 Å². The van der Waals surface area contributed by atoms with Gasteiger partial charge < -0.3 is 14.8 Å². The zero-order chi connectivity index (χ0) is 17.7.